The van der Waals surface area contributed by atoms with Crippen molar-refractivity contribution in [3.8, 4) is 0 Å². The molecule has 1 spiro atoms. The van der Waals surface area contributed by atoms with Gasteiger partial charge in [-0.15, -0.1) is 11.8 Å². The second-order valence-electron chi connectivity index (χ2n) is 8.66. The van der Waals surface area contributed by atoms with Gasteiger partial charge >= 0.3 is 0 Å². The number of halogens is 1. The minimum absolute atomic E-state index is 0.0234. The van der Waals surface area contributed by atoms with Crippen LogP contribution in [0.5, 0.6) is 0 Å². The lowest BCUT2D eigenvalue weighted by Crippen LogP contribution is -2.52. The predicted octanol–water partition coefficient (Wildman–Crippen LogP) is 3.00. The Labute approximate surface area is 200 Å². The average molecular weight is 486 g/mol. The highest BCUT2D eigenvalue weighted by atomic mass is 35.5. The maximum absolute atomic E-state index is 13.6. The highest BCUT2D eigenvalue weighted by Gasteiger charge is 2.73. The van der Waals surface area contributed by atoms with Crippen molar-refractivity contribution in [1.82, 2.24) is 4.90 Å². The zero-order chi connectivity index (χ0) is 23.2. The number of hydrogen-bond donors (Lipinski definition) is 3. The summed E-state index contributed by atoms with van der Waals surface area (Å²) in [7, 11) is 0. The molecule has 5 atom stereocenters. The standard InChI is InChI=1S/C24H24ClN3O4S/c25-14-6-8-16(9-7-14)27-22(31)20-24-11-10-17(33-24)18(19(24)23(32)28(20)12-13-29)21(30)26-15-4-2-1-3-5-15/h1-9,17-20,29H,10-13H2,(H,26,30)(H,27,31)/t17-,18+,19-,20?,24?/m0/s1. The predicted molar refractivity (Wildman–Crippen MR) is 128 cm³/mol. The van der Waals surface area contributed by atoms with Crippen LogP contribution < -0.4 is 10.6 Å². The van der Waals surface area contributed by atoms with Crippen molar-refractivity contribution in [1.29, 1.82) is 0 Å². The van der Waals surface area contributed by atoms with E-state index in [1.165, 1.54) is 4.90 Å². The van der Waals surface area contributed by atoms with E-state index in [1.54, 1.807) is 36.0 Å². The molecule has 0 aromatic heterocycles. The maximum atomic E-state index is 13.6. The van der Waals surface area contributed by atoms with Crippen LogP contribution >= 0.6 is 23.4 Å². The molecule has 5 rings (SSSR count). The molecule has 3 amide bonds. The number of β-amino-alcohol motifs (C(OH)–C–C–N with tert-alkyl or cyclic N) is 1. The van der Waals surface area contributed by atoms with Crippen LogP contribution in [0.1, 0.15) is 12.8 Å². The number of benzene rings is 2. The van der Waals surface area contributed by atoms with Crippen LogP contribution in [0.15, 0.2) is 54.6 Å². The minimum Gasteiger partial charge on any atom is -0.395 e. The van der Waals surface area contributed by atoms with E-state index in [1.807, 2.05) is 30.3 Å². The largest absolute Gasteiger partial charge is 0.395 e. The van der Waals surface area contributed by atoms with Gasteiger partial charge < -0.3 is 20.6 Å². The van der Waals surface area contributed by atoms with Gasteiger partial charge in [0.2, 0.25) is 17.7 Å². The highest BCUT2D eigenvalue weighted by Crippen LogP contribution is 2.66. The number of carbonyl (C=O) groups is 3. The van der Waals surface area contributed by atoms with Gasteiger partial charge in [-0.05, 0) is 49.2 Å². The third-order valence-electron chi connectivity index (χ3n) is 6.85. The normalized spacial score (nSPS) is 29.8. The molecule has 3 fully saturated rings. The molecule has 0 saturated carbocycles. The van der Waals surface area contributed by atoms with Crippen LogP contribution in [-0.2, 0) is 14.4 Å². The van der Waals surface area contributed by atoms with Crippen molar-refractivity contribution >= 4 is 52.5 Å². The third-order valence-corrected chi connectivity index (χ3v) is 9.05. The summed E-state index contributed by atoms with van der Waals surface area (Å²) < 4.78 is -0.688. The van der Waals surface area contributed by atoms with Gasteiger partial charge in [-0.2, -0.15) is 0 Å². The molecule has 172 valence electrons. The summed E-state index contributed by atoms with van der Waals surface area (Å²) in [6, 6.07) is 15.2. The Hall–Kier alpha value is -2.55. The van der Waals surface area contributed by atoms with E-state index in [0.29, 0.717) is 22.8 Å². The van der Waals surface area contributed by atoms with E-state index in [0.717, 1.165) is 6.42 Å². The monoisotopic (exact) mass is 485 g/mol. The van der Waals surface area contributed by atoms with Gasteiger partial charge in [0.25, 0.3) is 0 Å². The molecule has 0 aliphatic carbocycles. The summed E-state index contributed by atoms with van der Waals surface area (Å²) in [4.78, 5) is 41.8. The molecule has 3 saturated heterocycles. The Bertz CT molecular complexity index is 1080. The number of rotatable bonds is 6. The smallest absolute Gasteiger partial charge is 0.248 e. The number of fused-ring (bicyclic) bond motifs is 1. The van der Waals surface area contributed by atoms with Crippen molar-refractivity contribution in [2.24, 2.45) is 11.8 Å². The molecule has 2 aromatic rings. The van der Waals surface area contributed by atoms with Gasteiger partial charge in [-0.3, -0.25) is 14.4 Å². The van der Waals surface area contributed by atoms with Crippen molar-refractivity contribution in [2.75, 3.05) is 23.8 Å². The van der Waals surface area contributed by atoms with Gasteiger partial charge in [0.15, 0.2) is 0 Å². The van der Waals surface area contributed by atoms with Crippen molar-refractivity contribution in [3.63, 3.8) is 0 Å². The molecule has 2 unspecified atom stereocenters. The molecular formula is C24H24ClN3O4S. The molecule has 3 aliphatic heterocycles. The van der Waals surface area contributed by atoms with Crippen molar-refractivity contribution in [3.05, 3.63) is 59.6 Å². The van der Waals surface area contributed by atoms with Crippen LogP contribution in [0.3, 0.4) is 0 Å². The summed E-state index contributed by atoms with van der Waals surface area (Å²) >= 11 is 7.54. The number of thioether (sulfide) groups is 1. The Morgan fingerprint density at radius 3 is 2.42 bits per heavy atom. The molecule has 3 N–H and O–H groups in total. The molecule has 3 heterocycles. The first-order valence-corrected chi connectivity index (χ1v) is 12.2. The number of para-hydroxylation sites is 1. The van der Waals surface area contributed by atoms with Gasteiger partial charge in [0.05, 0.1) is 23.2 Å². The fourth-order valence-corrected chi connectivity index (χ4v) is 7.94. The highest BCUT2D eigenvalue weighted by molar-refractivity contribution is 8.02. The molecular weight excluding hydrogens is 462 g/mol. The second-order valence-corrected chi connectivity index (χ2v) is 10.7. The Kier molecular flexibility index (Phi) is 5.84. The Morgan fingerprint density at radius 1 is 1.06 bits per heavy atom. The van der Waals surface area contributed by atoms with Crippen LogP contribution in [0.25, 0.3) is 0 Å². The average Bonchev–Trinajstić information content (AvgIpc) is 3.44. The minimum atomic E-state index is -0.762. The first kappa shape index (κ1) is 22.3. The summed E-state index contributed by atoms with van der Waals surface area (Å²) in [6.07, 6.45) is 1.44. The molecule has 2 aromatic carbocycles. The fraction of sp³-hybridized carbons (Fsp3) is 0.375. The van der Waals surface area contributed by atoms with E-state index in [-0.39, 0.29) is 36.1 Å². The van der Waals surface area contributed by atoms with Crippen LogP contribution in [0, 0.1) is 11.8 Å². The van der Waals surface area contributed by atoms with Gasteiger partial charge in [-0.1, -0.05) is 29.8 Å². The first-order valence-electron chi connectivity index (χ1n) is 11.0. The fourth-order valence-electron chi connectivity index (χ4n) is 5.59. The Morgan fingerprint density at radius 2 is 1.73 bits per heavy atom. The lowest BCUT2D eigenvalue weighted by molar-refractivity contribution is -0.138. The van der Waals surface area contributed by atoms with Crippen LogP contribution in [-0.4, -0.2) is 56.9 Å². The third kappa shape index (κ3) is 3.70. The lowest BCUT2D eigenvalue weighted by atomic mass is 9.70. The van der Waals surface area contributed by atoms with Crippen molar-refractivity contribution < 1.29 is 19.5 Å². The summed E-state index contributed by atoms with van der Waals surface area (Å²) in [5.74, 6) is -1.85. The maximum Gasteiger partial charge on any atom is 0.248 e. The van der Waals surface area contributed by atoms with Gasteiger partial charge in [-0.25, -0.2) is 0 Å². The molecule has 3 aliphatic rings. The van der Waals surface area contributed by atoms with E-state index in [2.05, 4.69) is 10.6 Å². The van der Waals surface area contributed by atoms with Gasteiger partial charge in [0.1, 0.15) is 6.04 Å². The van der Waals surface area contributed by atoms with E-state index in [9.17, 15) is 19.5 Å². The van der Waals surface area contributed by atoms with E-state index < -0.39 is 22.6 Å². The Balaban J connectivity index is 1.45. The number of anilines is 2. The number of hydrogen-bond acceptors (Lipinski definition) is 5. The van der Waals surface area contributed by atoms with E-state index >= 15 is 0 Å². The number of nitrogens with zero attached hydrogens (tertiary/aromatic N) is 1. The van der Waals surface area contributed by atoms with Crippen LogP contribution in [0.2, 0.25) is 5.02 Å². The van der Waals surface area contributed by atoms with Crippen molar-refractivity contribution in [2.45, 2.75) is 28.9 Å². The zero-order valence-electron chi connectivity index (χ0n) is 17.7. The first-order chi connectivity index (χ1) is 15.9. The SMILES string of the molecule is O=C(Nc1ccc(Cl)cc1)C1N(CCO)C(=O)[C@@H]2[C@H](C(=O)Nc3ccccc3)[C@@H]3CCC12S3. The number of aliphatic hydroxyl groups excluding tert-OH is 1. The van der Waals surface area contributed by atoms with Crippen LogP contribution in [0.4, 0.5) is 11.4 Å². The molecule has 33 heavy (non-hydrogen) atoms. The summed E-state index contributed by atoms with van der Waals surface area (Å²) in [6.45, 7) is -0.206. The van der Waals surface area contributed by atoms with Gasteiger partial charge in [0, 0.05) is 28.2 Å². The number of likely N-dealkylation sites (tertiary alicyclic amines) is 1. The lowest BCUT2D eigenvalue weighted by Gasteiger charge is -2.34. The molecule has 9 heteroatoms. The zero-order valence-corrected chi connectivity index (χ0v) is 19.3. The quantitative estimate of drug-likeness (QED) is 0.584. The number of nitrogens with one attached hydrogen (secondary N) is 2. The topological polar surface area (TPSA) is 98.7 Å². The number of carbonyl (C=O) groups excluding carboxylic acids is 3. The van der Waals surface area contributed by atoms with E-state index in [4.69, 9.17) is 11.6 Å². The second kappa shape index (κ2) is 8.66. The molecule has 7 nitrogen and oxygen atoms in total. The molecule has 2 bridgehead atoms. The summed E-state index contributed by atoms with van der Waals surface area (Å²) in [5.41, 5.74) is 1.26. The summed E-state index contributed by atoms with van der Waals surface area (Å²) in [5, 5.41) is 16.0. The number of aliphatic hydroxyl groups is 1. The number of amides is 3. The molecule has 0 radical (unpaired) electrons.